The maximum atomic E-state index is 10.5. The van der Waals surface area contributed by atoms with Gasteiger partial charge in [-0.15, -0.1) is 0 Å². The number of hydrogen-bond donors (Lipinski definition) is 2. The Bertz CT molecular complexity index is 760. The molecule has 1 fully saturated rings. The largest absolute Gasteiger partial charge is 0.386 e. The summed E-state index contributed by atoms with van der Waals surface area (Å²) in [7, 11) is 0. The molecule has 134 valence electrons. The number of aromatic nitrogens is 4. The standard InChI is InChI=1S/C17H24N6OS/c1-25-17-19-14(18)9-15(20-17)22-6-3-7-23-12(10-22)8-13(21-23)16(24)11-4-2-5-11/h8-9,11,16,24H,2-7,10H2,1H3,(H2,18,19,20). The molecule has 4 rings (SSSR count). The fraction of sp³-hybridized carbons (Fsp3) is 0.588. The lowest BCUT2D eigenvalue weighted by molar-refractivity contribution is 0.0581. The second-order valence-electron chi connectivity index (χ2n) is 6.83. The number of aryl methyl sites for hydroxylation is 1. The monoisotopic (exact) mass is 360 g/mol. The quantitative estimate of drug-likeness (QED) is 0.638. The van der Waals surface area contributed by atoms with E-state index in [-0.39, 0.29) is 0 Å². The lowest BCUT2D eigenvalue weighted by Gasteiger charge is -2.29. The summed E-state index contributed by atoms with van der Waals surface area (Å²) in [6.45, 7) is 2.47. The van der Waals surface area contributed by atoms with Gasteiger partial charge in [-0.1, -0.05) is 18.2 Å². The van der Waals surface area contributed by atoms with Crippen molar-refractivity contribution in [2.75, 3.05) is 23.4 Å². The molecule has 8 heteroatoms. The van der Waals surface area contributed by atoms with Gasteiger partial charge < -0.3 is 15.7 Å². The normalized spacial score (nSPS) is 19.2. The molecule has 0 saturated heterocycles. The third kappa shape index (κ3) is 3.32. The SMILES string of the molecule is CSc1nc(N)cc(N2CCCn3nc(C(O)C4CCC4)cc3C2)n1. The molecule has 2 aliphatic rings. The molecule has 0 amide bonds. The van der Waals surface area contributed by atoms with Crippen LogP contribution in [0.5, 0.6) is 0 Å². The first-order valence-corrected chi connectivity index (χ1v) is 10.0. The minimum Gasteiger partial charge on any atom is -0.386 e. The van der Waals surface area contributed by atoms with Crippen LogP contribution in [-0.2, 0) is 13.1 Å². The summed E-state index contributed by atoms with van der Waals surface area (Å²) in [5, 5.41) is 15.9. The molecule has 25 heavy (non-hydrogen) atoms. The maximum Gasteiger partial charge on any atom is 0.191 e. The summed E-state index contributed by atoms with van der Waals surface area (Å²) in [5.74, 6) is 1.72. The van der Waals surface area contributed by atoms with Crippen molar-refractivity contribution in [2.45, 2.75) is 50.0 Å². The van der Waals surface area contributed by atoms with Crippen molar-refractivity contribution < 1.29 is 5.11 Å². The third-order valence-electron chi connectivity index (χ3n) is 5.15. The summed E-state index contributed by atoms with van der Waals surface area (Å²) in [6, 6.07) is 3.89. The highest BCUT2D eigenvalue weighted by Crippen LogP contribution is 2.37. The van der Waals surface area contributed by atoms with E-state index in [9.17, 15) is 5.11 Å². The Morgan fingerprint density at radius 2 is 2.08 bits per heavy atom. The molecule has 0 aromatic carbocycles. The summed E-state index contributed by atoms with van der Waals surface area (Å²) < 4.78 is 2.04. The number of rotatable bonds is 4. The van der Waals surface area contributed by atoms with E-state index >= 15 is 0 Å². The van der Waals surface area contributed by atoms with E-state index in [2.05, 4.69) is 26.0 Å². The Balaban J connectivity index is 1.58. The zero-order valence-electron chi connectivity index (χ0n) is 14.4. The average Bonchev–Trinajstić information content (AvgIpc) is 2.84. The van der Waals surface area contributed by atoms with Crippen molar-refractivity contribution in [3.8, 4) is 0 Å². The number of thioether (sulfide) groups is 1. The Labute approximate surface area is 151 Å². The molecule has 0 spiro atoms. The van der Waals surface area contributed by atoms with E-state index in [0.717, 1.165) is 49.6 Å². The smallest absolute Gasteiger partial charge is 0.191 e. The van der Waals surface area contributed by atoms with Gasteiger partial charge in [-0.05, 0) is 37.5 Å². The second kappa shape index (κ2) is 6.84. The van der Waals surface area contributed by atoms with Gasteiger partial charge in [0.1, 0.15) is 17.7 Å². The molecule has 1 atom stereocenters. The molecule has 1 unspecified atom stereocenters. The molecule has 3 heterocycles. The van der Waals surface area contributed by atoms with Crippen molar-refractivity contribution in [1.82, 2.24) is 19.7 Å². The van der Waals surface area contributed by atoms with Crippen LogP contribution in [0, 0.1) is 5.92 Å². The average molecular weight is 360 g/mol. The molecule has 0 radical (unpaired) electrons. The van der Waals surface area contributed by atoms with Crippen LogP contribution in [0.2, 0.25) is 0 Å². The highest BCUT2D eigenvalue weighted by Gasteiger charge is 2.30. The zero-order chi connectivity index (χ0) is 17.4. The van der Waals surface area contributed by atoms with Crippen molar-refractivity contribution in [3.05, 3.63) is 23.5 Å². The molecular formula is C17H24N6OS. The van der Waals surface area contributed by atoms with Gasteiger partial charge in [0.25, 0.3) is 0 Å². The molecule has 1 aliphatic carbocycles. The molecule has 1 saturated carbocycles. The second-order valence-corrected chi connectivity index (χ2v) is 7.61. The number of aliphatic hydroxyl groups is 1. The zero-order valence-corrected chi connectivity index (χ0v) is 15.2. The summed E-state index contributed by atoms with van der Waals surface area (Å²) >= 11 is 1.49. The minimum atomic E-state index is -0.431. The Kier molecular flexibility index (Phi) is 4.56. The van der Waals surface area contributed by atoms with E-state index < -0.39 is 6.10 Å². The number of fused-ring (bicyclic) bond motifs is 1. The maximum absolute atomic E-state index is 10.5. The number of nitrogens with zero attached hydrogens (tertiary/aromatic N) is 5. The number of anilines is 2. The molecule has 3 N–H and O–H groups in total. The topological polar surface area (TPSA) is 93.1 Å². The van der Waals surface area contributed by atoms with Crippen molar-refractivity contribution >= 4 is 23.4 Å². The highest BCUT2D eigenvalue weighted by atomic mass is 32.2. The summed E-state index contributed by atoms with van der Waals surface area (Å²) in [5.41, 5.74) is 7.87. The van der Waals surface area contributed by atoms with Gasteiger partial charge in [0.2, 0.25) is 0 Å². The van der Waals surface area contributed by atoms with E-state index in [1.807, 2.05) is 17.0 Å². The van der Waals surface area contributed by atoms with Crippen LogP contribution in [0.4, 0.5) is 11.6 Å². The van der Waals surface area contributed by atoms with Crippen LogP contribution >= 0.6 is 11.8 Å². The van der Waals surface area contributed by atoms with E-state index in [4.69, 9.17) is 5.73 Å². The Morgan fingerprint density at radius 3 is 2.80 bits per heavy atom. The van der Waals surface area contributed by atoms with Crippen molar-refractivity contribution in [2.24, 2.45) is 5.92 Å². The number of nitrogen functional groups attached to an aromatic ring is 1. The fourth-order valence-electron chi connectivity index (χ4n) is 3.51. The van der Waals surface area contributed by atoms with Gasteiger partial charge in [0.15, 0.2) is 5.16 Å². The number of hydrogen-bond acceptors (Lipinski definition) is 7. The van der Waals surface area contributed by atoms with Gasteiger partial charge in [0.05, 0.1) is 17.9 Å². The fourth-order valence-corrected chi connectivity index (χ4v) is 3.89. The molecular weight excluding hydrogens is 336 g/mol. The lowest BCUT2D eigenvalue weighted by atomic mass is 9.80. The molecule has 7 nitrogen and oxygen atoms in total. The van der Waals surface area contributed by atoms with E-state index in [1.54, 1.807) is 0 Å². The van der Waals surface area contributed by atoms with E-state index in [1.165, 1.54) is 18.2 Å². The number of nitrogens with two attached hydrogens (primary N) is 1. The Morgan fingerprint density at radius 1 is 1.24 bits per heavy atom. The van der Waals surface area contributed by atoms with Crippen molar-refractivity contribution in [1.29, 1.82) is 0 Å². The molecule has 2 aromatic rings. The Hall–Kier alpha value is -1.80. The van der Waals surface area contributed by atoms with Gasteiger partial charge in [-0.2, -0.15) is 5.10 Å². The number of aliphatic hydroxyl groups excluding tert-OH is 1. The third-order valence-corrected chi connectivity index (χ3v) is 5.70. The van der Waals surface area contributed by atoms with Gasteiger partial charge in [0, 0.05) is 19.2 Å². The van der Waals surface area contributed by atoms with Crippen molar-refractivity contribution in [3.63, 3.8) is 0 Å². The van der Waals surface area contributed by atoms with E-state index in [0.29, 0.717) is 23.4 Å². The first kappa shape index (κ1) is 16.7. The van der Waals surface area contributed by atoms with Crippen LogP contribution in [-0.4, -0.2) is 37.7 Å². The predicted octanol–water partition coefficient (Wildman–Crippen LogP) is 2.22. The minimum absolute atomic E-state index is 0.376. The summed E-state index contributed by atoms with van der Waals surface area (Å²) in [4.78, 5) is 11.1. The highest BCUT2D eigenvalue weighted by molar-refractivity contribution is 7.98. The van der Waals surface area contributed by atoms with Crippen LogP contribution in [0.3, 0.4) is 0 Å². The van der Waals surface area contributed by atoms with Crippen LogP contribution < -0.4 is 10.6 Å². The predicted molar refractivity (Wildman–Crippen MR) is 98.4 cm³/mol. The van der Waals surface area contributed by atoms with Crippen LogP contribution in [0.25, 0.3) is 0 Å². The molecule has 1 aliphatic heterocycles. The van der Waals surface area contributed by atoms with Crippen LogP contribution in [0.15, 0.2) is 17.3 Å². The van der Waals surface area contributed by atoms with Crippen LogP contribution in [0.1, 0.15) is 43.2 Å². The molecule has 0 bridgehead atoms. The first-order valence-electron chi connectivity index (χ1n) is 8.82. The van der Waals surface area contributed by atoms with Gasteiger partial charge in [-0.25, -0.2) is 9.97 Å². The summed E-state index contributed by atoms with van der Waals surface area (Å²) in [6.07, 6.45) is 5.92. The molecule has 2 aromatic heterocycles. The first-order chi connectivity index (χ1) is 12.1. The van der Waals surface area contributed by atoms with Gasteiger partial charge >= 0.3 is 0 Å². The lowest BCUT2D eigenvalue weighted by Crippen LogP contribution is -2.24. The van der Waals surface area contributed by atoms with Gasteiger partial charge in [-0.3, -0.25) is 4.68 Å².